The average Bonchev–Trinajstić information content (AvgIpc) is 3.21. The Morgan fingerprint density at radius 3 is 2.61 bits per heavy atom. The summed E-state index contributed by atoms with van der Waals surface area (Å²) < 4.78 is 27.8. The van der Waals surface area contributed by atoms with Crippen LogP contribution in [0.15, 0.2) is 71.5 Å². The number of anilines is 2. The summed E-state index contributed by atoms with van der Waals surface area (Å²) in [6, 6.07) is 12.2. The summed E-state index contributed by atoms with van der Waals surface area (Å²) in [7, 11) is -4.03. The van der Waals surface area contributed by atoms with Crippen molar-refractivity contribution in [2.75, 3.05) is 16.2 Å². The van der Waals surface area contributed by atoms with Crippen molar-refractivity contribution in [3.63, 3.8) is 0 Å². The molecule has 2 aromatic carbocycles. The molecule has 3 aromatic rings. The van der Waals surface area contributed by atoms with Crippen molar-refractivity contribution in [3.8, 4) is 0 Å². The summed E-state index contributed by atoms with van der Waals surface area (Å²) in [5.74, 6) is -0.763. The molecule has 3 rings (SSSR count). The Morgan fingerprint density at radius 2 is 1.97 bits per heavy atom. The van der Waals surface area contributed by atoms with Crippen LogP contribution in [0.1, 0.15) is 27.8 Å². The Kier molecular flexibility index (Phi) is 6.89. The maximum Gasteiger partial charge on any atom is 0.264 e. The molecule has 7 nitrogen and oxygen atoms in total. The lowest BCUT2D eigenvalue weighted by Crippen LogP contribution is -2.31. The fraction of sp³-hybridized carbons (Fsp3) is 0.0952. The van der Waals surface area contributed by atoms with E-state index in [1.807, 2.05) is 0 Å². The Labute approximate surface area is 189 Å². The topological polar surface area (TPSA) is 96.4 Å². The van der Waals surface area contributed by atoms with Crippen molar-refractivity contribution in [3.05, 3.63) is 82.8 Å². The van der Waals surface area contributed by atoms with Crippen LogP contribution in [0.4, 0.5) is 10.8 Å². The largest absolute Gasteiger partial charge is 0.298 e. The summed E-state index contributed by atoms with van der Waals surface area (Å²) in [5, 5.41) is 4.63. The number of benzene rings is 2. The summed E-state index contributed by atoms with van der Waals surface area (Å²) in [6.45, 7) is 5.00. The normalized spacial score (nSPS) is 11.0. The molecule has 0 bridgehead atoms. The van der Waals surface area contributed by atoms with Gasteiger partial charge in [0.15, 0.2) is 10.9 Å². The van der Waals surface area contributed by atoms with Crippen LogP contribution in [0.2, 0.25) is 5.02 Å². The number of amides is 1. The number of nitrogens with zero attached hydrogens (tertiary/aromatic N) is 2. The van der Waals surface area contributed by atoms with Crippen LogP contribution in [-0.4, -0.2) is 31.6 Å². The van der Waals surface area contributed by atoms with E-state index in [1.54, 1.807) is 24.3 Å². The maximum atomic E-state index is 13.3. The number of nitrogens with one attached hydrogen (secondary N) is 1. The predicted octanol–water partition coefficient (Wildman–Crippen LogP) is 4.63. The van der Waals surface area contributed by atoms with Gasteiger partial charge in [0.1, 0.15) is 5.69 Å². The fourth-order valence-electron chi connectivity index (χ4n) is 2.68. The second-order valence-corrected chi connectivity index (χ2v) is 9.48. The number of para-hydroxylation sites is 1. The molecule has 0 atom stereocenters. The molecular weight excluding hydrogens is 458 g/mol. The summed E-state index contributed by atoms with van der Waals surface area (Å²) >= 11 is 7.32. The van der Waals surface area contributed by atoms with Gasteiger partial charge < -0.3 is 0 Å². The Hall–Kier alpha value is -3.01. The van der Waals surface area contributed by atoms with Crippen LogP contribution >= 0.6 is 22.9 Å². The van der Waals surface area contributed by atoms with Crippen LogP contribution in [0, 0.1) is 0 Å². The van der Waals surface area contributed by atoms with E-state index in [9.17, 15) is 18.0 Å². The zero-order chi connectivity index (χ0) is 22.6. The number of carbonyl (C=O) groups is 2. The van der Waals surface area contributed by atoms with E-state index < -0.39 is 15.9 Å². The number of halogens is 1. The van der Waals surface area contributed by atoms with Crippen LogP contribution < -0.4 is 9.62 Å². The average molecular weight is 476 g/mol. The molecule has 0 aliphatic carbocycles. The lowest BCUT2D eigenvalue weighted by atomic mass is 10.2. The van der Waals surface area contributed by atoms with Crippen molar-refractivity contribution in [2.24, 2.45) is 0 Å². The lowest BCUT2D eigenvalue weighted by molar-refractivity contribution is 0.100. The highest BCUT2D eigenvalue weighted by Gasteiger charge is 2.26. The maximum absolute atomic E-state index is 13.3. The van der Waals surface area contributed by atoms with Crippen LogP contribution in [0.3, 0.4) is 0 Å². The first-order chi connectivity index (χ1) is 14.7. The second kappa shape index (κ2) is 9.42. The number of aromatic nitrogens is 1. The van der Waals surface area contributed by atoms with Crippen molar-refractivity contribution < 1.29 is 18.0 Å². The molecule has 0 aliphatic rings. The third kappa shape index (κ3) is 5.01. The highest BCUT2D eigenvalue weighted by atomic mass is 35.5. The summed E-state index contributed by atoms with van der Waals surface area (Å²) in [4.78, 5) is 27.9. The van der Waals surface area contributed by atoms with Crippen molar-refractivity contribution >= 4 is 55.5 Å². The molecule has 0 fully saturated rings. The van der Waals surface area contributed by atoms with E-state index in [-0.39, 0.29) is 38.6 Å². The van der Waals surface area contributed by atoms with Gasteiger partial charge in [0.2, 0.25) is 0 Å². The third-order valence-electron chi connectivity index (χ3n) is 4.19. The van der Waals surface area contributed by atoms with E-state index >= 15 is 0 Å². The van der Waals surface area contributed by atoms with Crippen molar-refractivity contribution in [1.29, 1.82) is 0 Å². The number of sulfonamides is 1. The highest BCUT2D eigenvalue weighted by molar-refractivity contribution is 7.92. The molecule has 31 heavy (non-hydrogen) atoms. The second-order valence-electron chi connectivity index (χ2n) is 6.35. The molecular formula is C21H18ClN3O4S2. The van der Waals surface area contributed by atoms with Gasteiger partial charge in [0.05, 0.1) is 22.2 Å². The standard InChI is InChI=1S/C21H18ClN3O4S2/c1-3-11-25(19-10-5-4-9-17(19)22)31(28,29)16-8-6-7-15(12-16)20(27)24-21-23-18(13-30-21)14(2)26/h3-10,12-13H,1,11H2,2H3,(H,23,24,27). The van der Waals surface area contributed by atoms with Gasteiger partial charge in [-0.15, -0.1) is 17.9 Å². The first-order valence-electron chi connectivity index (χ1n) is 9.00. The highest BCUT2D eigenvalue weighted by Crippen LogP contribution is 2.30. The quantitative estimate of drug-likeness (QED) is 0.378. The molecule has 10 heteroatoms. The van der Waals surface area contributed by atoms with Crippen molar-refractivity contribution in [2.45, 2.75) is 11.8 Å². The van der Waals surface area contributed by atoms with Crippen LogP contribution in [0.25, 0.3) is 0 Å². The molecule has 0 spiro atoms. The number of carbonyl (C=O) groups excluding carboxylic acids is 2. The molecule has 160 valence electrons. The molecule has 1 aromatic heterocycles. The third-order valence-corrected chi connectivity index (χ3v) is 7.04. The van der Waals surface area contributed by atoms with Crippen molar-refractivity contribution in [1.82, 2.24) is 4.98 Å². The number of rotatable bonds is 8. The van der Waals surface area contributed by atoms with Gasteiger partial charge in [-0.1, -0.05) is 35.9 Å². The zero-order valence-corrected chi connectivity index (χ0v) is 18.8. The molecule has 0 aliphatic heterocycles. The first kappa shape index (κ1) is 22.7. The molecule has 1 N–H and O–H groups in total. The minimum Gasteiger partial charge on any atom is -0.298 e. The lowest BCUT2D eigenvalue weighted by Gasteiger charge is -2.24. The smallest absolute Gasteiger partial charge is 0.264 e. The van der Waals surface area contributed by atoms with E-state index in [4.69, 9.17) is 11.6 Å². The number of hydrogen-bond acceptors (Lipinski definition) is 6. The van der Waals surface area contributed by atoms with E-state index in [0.29, 0.717) is 5.69 Å². The Morgan fingerprint density at radius 1 is 1.23 bits per heavy atom. The molecule has 1 heterocycles. The van der Waals surface area contributed by atoms with Crippen LogP contribution in [-0.2, 0) is 10.0 Å². The number of Topliss-reactive ketones (excluding diaryl/α,β-unsaturated/α-hetero) is 1. The van der Waals surface area contributed by atoms with Gasteiger partial charge >= 0.3 is 0 Å². The first-order valence-corrected chi connectivity index (χ1v) is 11.7. The minimum absolute atomic E-state index is 0.00453. The molecule has 1 amide bonds. The summed E-state index contributed by atoms with van der Waals surface area (Å²) in [6.07, 6.45) is 1.45. The molecule has 0 unspecified atom stereocenters. The zero-order valence-electron chi connectivity index (χ0n) is 16.4. The van der Waals surface area contributed by atoms with Gasteiger partial charge in [-0.3, -0.25) is 19.2 Å². The van der Waals surface area contributed by atoms with E-state index in [0.717, 1.165) is 15.6 Å². The number of hydrogen-bond donors (Lipinski definition) is 1. The van der Waals surface area contributed by atoms with Gasteiger partial charge in [0, 0.05) is 17.9 Å². The van der Waals surface area contributed by atoms with Gasteiger partial charge in [-0.2, -0.15) is 0 Å². The van der Waals surface area contributed by atoms with E-state index in [1.165, 1.54) is 42.6 Å². The Bertz CT molecular complexity index is 1250. The fourth-order valence-corrected chi connectivity index (χ4v) is 5.22. The SMILES string of the molecule is C=CCN(c1ccccc1Cl)S(=O)(=O)c1cccc(C(=O)Nc2nc(C(C)=O)cs2)c1. The summed E-state index contributed by atoms with van der Waals surface area (Å²) in [5.41, 5.74) is 0.674. The van der Waals surface area contributed by atoms with Gasteiger partial charge in [-0.05, 0) is 30.3 Å². The predicted molar refractivity (Wildman–Crippen MR) is 123 cm³/mol. The minimum atomic E-state index is -4.03. The number of thiazole rings is 1. The van der Waals surface area contributed by atoms with Crippen LogP contribution in [0.5, 0.6) is 0 Å². The molecule has 0 saturated carbocycles. The molecule has 0 radical (unpaired) electrons. The molecule has 0 saturated heterocycles. The number of ketones is 1. The Balaban J connectivity index is 1.92. The van der Waals surface area contributed by atoms with E-state index in [2.05, 4.69) is 16.9 Å². The van der Waals surface area contributed by atoms with Gasteiger partial charge in [0.25, 0.3) is 15.9 Å². The monoisotopic (exact) mass is 475 g/mol. The van der Waals surface area contributed by atoms with Gasteiger partial charge in [-0.25, -0.2) is 13.4 Å².